The molecule has 0 radical (unpaired) electrons. The Kier molecular flexibility index (Phi) is 3.01. The molecule has 0 aliphatic carbocycles. The number of benzene rings is 2. The molecule has 0 aliphatic heterocycles. The van der Waals surface area contributed by atoms with Crippen LogP contribution in [0.3, 0.4) is 0 Å². The highest BCUT2D eigenvalue weighted by Gasteiger charge is 2.29. The van der Waals surface area contributed by atoms with Crippen molar-refractivity contribution in [2.45, 2.75) is 19.3 Å². The van der Waals surface area contributed by atoms with Crippen molar-refractivity contribution < 1.29 is 14.3 Å². The van der Waals surface area contributed by atoms with Gasteiger partial charge in [-0.25, -0.2) is 9.78 Å². The van der Waals surface area contributed by atoms with Crippen molar-refractivity contribution in [2.75, 3.05) is 0 Å². The van der Waals surface area contributed by atoms with Crippen LogP contribution in [0.1, 0.15) is 35.7 Å². The van der Waals surface area contributed by atoms with Gasteiger partial charge in [-0.2, -0.15) is 0 Å². The minimum absolute atomic E-state index is 0.208. The molecule has 0 amide bonds. The predicted octanol–water partition coefficient (Wildman–Crippen LogP) is 3.85. The maximum Gasteiger partial charge on any atom is 0.335 e. The van der Waals surface area contributed by atoms with Gasteiger partial charge in [-0.05, 0) is 37.6 Å². The fraction of sp³-hybridized carbons (Fsp3) is 0.176. The average Bonchev–Trinajstić information content (AvgIpc) is 2.91. The van der Waals surface area contributed by atoms with Gasteiger partial charge in [-0.1, -0.05) is 30.3 Å². The topological polar surface area (TPSA) is 63.3 Å². The van der Waals surface area contributed by atoms with Crippen molar-refractivity contribution in [1.82, 2.24) is 4.98 Å². The number of fused-ring (bicyclic) bond motifs is 1. The van der Waals surface area contributed by atoms with Gasteiger partial charge in [0.25, 0.3) is 0 Å². The van der Waals surface area contributed by atoms with E-state index in [2.05, 4.69) is 4.98 Å². The van der Waals surface area contributed by atoms with Crippen LogP contribution in [0.25, 0.3) is 11.1 Å². The summed E-state index contributed by atoms with van der Waals surface area (Å²) in [5.41, 5.74) is 2.08. The third kappa shape index (κ3) is 2.29. The summed E-state index contributed by atoms with van der Waals surface area (Å²) in [6.07, 6.45) is 0. The Morgan fingerprint density at radius 1 is 1.14 bits per heavy atom. The number of carboxylic acid groups (broad SMARTS) is 1. The second-order valence-corrected chi connectivity index (χ2v) is 5.50. The third-order valence-corrected chi connectivity index (χ3v) is 3.66. The SMILES string of the molecule is CC(C)(c1ccccc1)c1nc2cc(C(=O)O)ccc2o1. The van der Waals surface area contributed by atoms with Crippen LogP contribution in [-0.2, 0) is 5.41 Å². The number of nitrogens with zero attached hydrogens (tertiary/aromatic N) is 1. The fourth-order valence-corrected chi connectivity index (χ4v) is 2.31. The predicted molar refractivity (Wildman–Crippen MR) is 79.5 cm³/mol. The van der Waals surface area contributed by atoms with Crippen LogP contribution in [0.15, 0.2) is 52.9 Å². The summed E-state index contributed by atoms with van der Waals surface area (Å²) >= 11 is 0. The van der Waals surface area contributed by atoms with E-state index in [1.165, 1.54) is 12.1 Å². The summed E-state index contributed by atoms with van der Waals surface area (Å²) in [6, 6.07) is 14.7. The lowest BCUT2D eigenvalue weighted by atomic mass is 9.84. The standard InChI is InChI=1S/C17H15NO3/c1-17(2,12-6-4-3-5-7-12)16-18-13-10-11(15(19)20)8-9-14(13)21-16/h3-10H,1-2H3,(H,19,20). The minimum atomic E-state index is -0.969. The van der Waals surface area contributed by atoms with Crippen LogP contribution in [0.4, 0.5) is 0 Å². The largest absolute Gasteiger partial charge is 0.478 e. The van der Waals surface area contributed by atoms with Crippen LogP contribution < -0.4 is 0 Å². The molecule has 0 unspecified atom stereocenters. The zero-order valence-electron chi connectivity index (χ0n) is 11.8. The molecule has 0 atom stereocenters. The highest BCUT2D eigenvalue weighted by molar-refractivity contribution is 5.91. The lowest BCUT2D eigenvalue weighted by Crippen LogP contribution is -2.19. The van der Waals surface area contributed by atoms with Crippen molar-refractivity contribution in [3.8, 4) is 0 Å². The van der Waals surface area contributed by atoms with Crippen molar-refractivity contribution in [3.63, 3.8) is 0 Å². The van der Waals surface area contributed by atoms with E-state index in [-0.39, 0.29) is 11.0 Å². The van der Waals surface area contributed by atoms with E-state index in [1.807, 2.05) is 44.2 Å². The molecule has 4 nitrogen and oxygen atoms in total. The van der Waals surface area contributed by atoms with E-state index in [0.29, 0.717) is 17.0 Å². The summed E-state index contributed by atoms with van der Waals surface area (Å²) in [6.45, 7) is 4.07. The van der Waals surface area contributed by atoms with Crippen LogP contribution in [0, 0.1) is 0 Å². The molecule has 1 N–H and O–H groups in total. The molecule has 0 spiro atoms. The molecular formula is C17H15NO3. The van der Waals surface area contributed by atoms with E-state index in [1.54, 1.807) is 6.07 Å². The van der Waals surface area contributed by atoms with Gasteiger partial charge in [-0.15, -0.1) is 0 Å². The number of aromatic nitrogens is 1. The van der Waals surface area contributed by atoms with Gasteiger partial charge in [0.2, 0.25) is 5.89 Å². The number of aromatic carboxylic acids is 1. The second kappa shape index (κ2) is 4.74. The highest BCUT2D eigenvalue weighted by Crippen LogP contribution is 2.32. The van der Waals surface area contributed by atoms with Crippen LogP contribution in [-0.4, -0.2) is 16.1 Å². The smallest absolute Gasteiger partial charge is 0.335 e. The number of rotatable bonds is 3. The third-order valence-electron chi connectivity index (χ3n) is 3.66. The number of hydrogen-bond acceptors (Lipinski definition) is 3. The molecule has 0 bridgehead atoms. The number of oxazole rings is 1. The fourth-order valence-electron chi connectivity index (χ4n) is 2.31. The highest BCUT2D eigenvalue weighted by atomic mass is 16.4. The molecular weight excluding hydrogens is 266 g/mol. The Bertz CT molecular complexity index is 803. The van der Waals surface area contributed by atoms with Gasteiger partial charge in [0.05, 0.1) is 11.0 Å². The Labute approximate surface area is 122 Å². The zero-order chi connectivity index (χ0) is 15.0. The van der Waals surface area contributed by atoms with Crippen LogP contribution >= 0.6 is 0 Å². The molecule has 0 fully saturated rings. The van der Waals surface area contributed by atoms with E-state index in [4.69, 9.17) is 9.52 Å². The molecule has 1 aromatic heterocycles. The van der Waals surface area contributed by atoms with Crippen molar-refractivity contribution >= 4 is 17.1 Å². The number of hydrogen-bond donors (Lipinski definition) is 1. The normalized spacial score (nSPS) is 11.7. The first-order valence-corrected chi connectivity index (χ1v) is 6.68. The van der Waals surface area contributed by atoms with Crippen LogP contribution in [0.5, 0.6) is 0 Å². The van der Waals surface area contributed by atoms with Gasteiger partial charge in [0.1, 0.15) is 5.52 Å². The Morgan fingerprint density at radius 2 is 1.86 bits per heavy atom. The molecule has 1 heterocycles. The van der Waals surface area contributed by atoms with Gasteiger partial charge in [0, 0.05) is 0 Å². The maximum absolute atomic E-state index is 11.0. The lowest BCUT2D eigenvalue weighted by molar-refractivity contribution is 0.0697. The Morgan fingerprint density at radius 3 is 2.52 bits per heavy atom. The molecule has 0 saturated carbocycles. The zero-order valence-corrected chi connectivity index (χ0v) is 11.8. The minimum Gasteiger partial charge on any atom is -0.478 e. The van der Waals surface area contributed by atoms with Gasteiger partial charge in [0.15, 0.2) is 5.58 Å². The van der Waals surface area contributed by atoms with E-state index >= 15 is 0 Å². The van der Waals surface area contributed by atoms with Crippen LogP contribution in [0.2, 0.25) is 0 Å². The molecule has 21 heavy (non-hydrogen) atoms. The summed E-state index contributed by atoms with van der Waals surface area (Å²) in [4.78, 5) is 15.5. The summed E-state index contributed by atoms with van der Waals surface area (Å²) in [5.74, 6) is -0.394. The lowest BCUT2D eigenvalue weighted by Gasteiger charge is -2.20. The molecule has 3 aromatic rings. The first-order chi connectivity index (χ1) is 9.98. The van der Waals surface area contributed by atoms with E-state index < -0.39 is 5.97 Å². The number of carbonyl (C=O) groups is 1. The van der Waals surface area contributed by atoms with Crippen molar-refractivity contribution in [3.05, 3.63) is 65.5 Å². The second-order valence-electron chi connectivity index (χ2n) is 5.50. The number of carboxylic acids is 1. The summed E-state index contributed by atoms with van der Waals surface area (Å²) in [7, 11) is 0. The molecule has 2 aromatic carbocycles. The molecule has 0 aliphatic rings. The van der Waals surface area contributed by atoms with Gasteiger partial charge >= 0.3 is 5.97 Å². The molecule has 0 saturated heterocycles. The first-order valence-electron chi connectivity index (χ1n) is 6.68. The maximum atomic E-state index is 11.0. The summed E-state index contributed by atoms with van der Waals surface area (Å²) < 4.78 is 5.82. The first kappa shape index (κ1) is 13.4. The summed E-state index contributed by atoms with van der Waals surface area (Å²) in [5, 5.41) is 9.03. The molecule has 3 rings (SSSR count). The Hall–Kier alpha value is -2.62. The monoisotopic (exact) mass is 281 g/mol. The molecule has 106 valence electrons. The van der Waals surface area contributed by atoms with Crippen molar-refractivity contribution in [2.24, 2.45) is 0 Å². The molecule has 4 heteroatoms. The van der Waals surface area contributed by atoms with Crippen molar-refractivity contribution in [1.29, 1.82) is 0 Å². The van der Waals surface area contributed by atoms with E-state index in [0.717, 1.165) is 5.56 Å². The van der Waals surface area contributed by atoms with Gasteiger partial charge in [-0.3, -0.25) is 0 Å². The quantitative estimate of drug-likeness (QED) is 0.792. The average molecular weight is 281 g/mol. The Balaban J connectivity index is 2.10. The van der Waals surface area contributed by atoms with E-state index in [9.17, 15) is 4.79 Å². The van der Waals surface area contributed by atoms with Gasteiger partial charge < -0.3 is 9.52 Å².